The predicted octanol–water partition coefficient (Wildman–Crippen LogP) is 2.35. The van der Waals surface area contributed by atoms with Crippen LogP contribution in [0.1, 0.15) is 18.4 Å². The van der Waals surface area contributed by atoms with E-state index in [0.717, 1.165) is 18.2 Å². The lowest BCUT2D eigenvalue weighted by Gasteiger charge is -2.10. The van der Waals surface area contributed by atoms with E-state index in [9.17, 15) is 12.8 Å². The van der Waals surface area contributed by atoms with Crippen LogP contribution in [0.2, 0.25) is 0 Å². The van der Waals surface area contributed by atoms with Crippen LogP contribution < -0.4 is 4.74 Å². The number of hydrogen-bond donors (Lipinski definition) is 0. The highest BCUT2D eigenvalue weighted by Crippen LogP contribution is 2.25. The van der Waals surface area contributed by atoms with E-state index in [-0.39, 0.29) is 10.6 Å². The summed E-state index contributed by atoms with van der Waals surface area (Å²) < 4.78 is 39.9. The maximum atomic E-state index is 12.3. The first-order valence-corrected chi connectivity index (χ1v) is 7.33. The summed E-state index contributed by atoms with van der Waals surface area (Å²) in [5.74, 6) is 2.78. The van der Waals surface area contributed by atoms with Gasteiger partial charge in [0.2, 0.25) is 6.86 Å². The summed E-state index contributed by atoms with van der Waals surface area (Å²) in [5, 5.41) is 0. The number of unbranched alkanes of at least 4 members (excludes halogenated alkanes) is 1. The minimum Gasteiger partial charge on any atom is -0.463 e. The molecule has 1 rings (SSSR count). The number of halogens is 1. The zero-order valence-corrected chi connectivity index (χ0v) is 11.0. The third kappa shape index (κ3) is 4.04. The van der Waals surface area contributed by atoms with E-state index in [1.54, 1.807) is 6.07 Å². The second-order valence-electron chi connectivity index (χ2n) is 3.85. The van der Waals surface area contributed by atoms with E-state index >= 15 is 0 Å². The van der Waals surface area contributed by atoms with Crippen LogP contribution in [0, 0.1) is 12.3 Å². The number of terminal acetylenes is 1. The molecule has 0 atom stereocenters. The molecule has 98 valence electrons. The summed E-state index contributed by atoms with van der Waals surface area (Å²) in [7, 11) is -3.32. The smallest absolute Gasteiger partial charge is 0.228 e. The zero-order chi connectivity index (χ0) is 13.6. The first-order valence-electron chi connectivity index (χ1n) is 5.44. The van der Waals surface area contributed by atoms with Crippen LogP contribution in [0.25, 0.3) is 0 Å². The van der Waals surface area contributed by atoms with Crippen molar-refractivity contribution < 1.29 is 17.5 Å². The van der Waals surface area contributed by atoms with Crippen LogP contribution in [-0.2, 0) is 16.3 Å². The quantitative estimate of drug-likeness (QED) is 0.588. The molecule has 0 amide bonds. The Balaban J connectivity index is 3.01. The molecule has 1 aromatic rings. The highest BCUT2D eigenvalue weighted by atomic mass is 32.2. The molecule has 0 aromatic heterocycles. The molecule has 3 nitrogen and oxygen atoms in total. The van der Waals surface area contributed by atoms with Gasteiger partial charge in [0.15, 0.2) is 9.84 Å². The topological polar surface area (TPSA) is 43.4 Å². The Labute approximate surface area is 107 Å². The average molecular weight is 270 g/mol. The van der Waals surface area contributed by atoms with Gasteiger partial charge in [0.1, 0.15) is 5.75 Å². The van der Waals surface area contributed by atoms with E-state index in [4.69, 9.17) is 11.2 Å². The second-order valence-corrected chi connectivity index (χ2v) is 5.87. The van der Waals surface area contributed by atoms with Crippen LogP contribution >= 0.6 is 0 Å². The van der Waals surface area contributed by atoms with Crippen LogP contribution in [0.5, 0.6) is 5.75 Å². The van der Waals surface area contributed by atoms with E-state index in [1.807, 2.05) is 0 Å². The van der Waals surface area contributed by atoms with Crippen LogP contribution in [0.4, 0.5) is 4.39 Å². The molecule has 0 heterocycles. The Morgan fingerprint density at radius 2 is 2.17 bits per heavy atom. The van der Waals surface area contributed by atoms with Gasteiger partial charge >= 0.3 is 0 Å². The largest absolute Gasteiger partial charge is 0.463 e. The maximum Gasteiger partial charge on any atom is 0.228 e. The average Bonchev–Trinajstić information content (AvgIpc) is 2.30. The molecule has 0 saturated heterocycles. The van der Waals surface area contributed by atoms with Gasteiger partial charge in [-0.15, -0.1) is 12.3 Å². The molecule has 0 aliphatic carbocycles. The van der Waals surface area contributed by atoms with Crippen LogP contribution in [-0.4, -0.2) is 21.5 Å². The number of rotatable bonds is 6. The minimum atomic E-state index is -3.32. The van der Waals surface area contributed by atoms with Crippen molar-refractivity contribution in [3.8, 4) is 18.1 Å². The van der Waals surface area contributed by atoms with E-state index in [0.29, 0.717) is 12.8 Å². The highest BCUT2D eigenvalue weighted by molar-refractivity contribution is 7.90. The van der Waals surface area contributed by atoms with Crippen molar-refractivity contribution in [2.45, 2.75) is 24.2 Å². The maximum absolute atomic E-state index is 12.3. The summed E-state index contributed by atoms with van der Waals surface area (Å²) in [6.07, 6.45) is 8.24. The molecule has 0 fully saturated rings. The highest BCUT2D eigenvalue weighted by Gasteiger charge is 2.11. The predicted molar refractivity (Wildman–Crippen MR) is 67.9 cm³/mol. The van der Waals surface area contributed by atoms with Gasteiger partial charge < -0.3 is 4.74 Å². The van der Waals surface area contributed by atoms with Gasteiger partial charge in [0, 0.05) is 12.7 Å². The molecule has 0 radical (unpaired) electrons. The number of alkyl halides is 1. The molecular weight excluding hydrogens is 255 g/mol. The lowest BCUT2D eigenvalue weighted by atomic mass is 10.1. The Hall–Kier alpha value is -1.54. The molecule has 18 heavy (non-hydrogen) atoms. The first kappa shape index (κ1) is 14.5. The molecule has 1 aromatic carbocycles. The van der Waals surface area contributed by atoms with E-state index in [1.165, 1.54) is 12.1 Å². The van der Waals surface area contributed by atoms with Gasteiger partial charge in [-0.1, -0.05) is 6.07 Å². The number of aryl methyl sites for hydroxylation is 1. The fraction of sp³-hybridized carbons (Fsp3) is 0.385. The van der Waals surface area contributed by atoms with Crippen molar-refractivity contribution in [3.63, 3.8) is 0 Å². The molecular formula is C13H15FO3S. The number of sulfone groups is 1. The fourth-order valence-electron chi connectivity index (χ4n) is 1.55. The standard InChI is InChI=1S/C13H15FO3S/c1-3-4-5-6-11-7-8-12(18(2,15)16)9-13(11)17-10-14/h1,7-9H,4-6,10H2,2H3. The monoisotopic (exact) mass is 270 g/mol. The summed E-state index contributed by atoms with van der Waals surface area (Å²) >= 11 is 0. The normalized spacial score (nSPS) is 10.9. The van der Waals surface area contributed by atoms with Gasteiger partial charge in [0.05, 0.1) is 4.90 Å². The summed E-state index contributed by atoms with van der Waals surface area (Å²) in [6.45, 7) is -0.991. The fourth-order valence-corrected chi connectivity index (χ4v) is 2.18. The van der Waals surface area contributed by atoms with Crippen molar-refractivity contribution in [3.05, 3.63) is 23.8 Å². The molecule has 0 bridgehead atoms. The van der Waals surface area contributed by atoms with Crippen LogP contribution in [0.15, 0.2) is 23.1 Å². The lowest BCUT2D eigenvalue weighted by Crippen LogP contribution is -2.01. The molecule has 0 unspecified atom stereocenters. The number of hydrogen-bond acceptors (Lipinski definition) is 3. The number of ether oxygens (including phenoxy) is 1. The van der Waals surface area contributed by atoms with Crippen LogP contribution in [0.3, 0.4) is 0 Å². The molecule has 5 heteroatoms. The summed E-state index contributed by atoms with van der Waals surface area (Å²) in [6, 6.07) is 4.48. The zero-order valence-electron chi connectivity index (χ0n) is 10.1. The Morgan fingerprint density at radius 1 is 1.44 bits per heavy atom. The third-order valence-corrected chi connectivity index (χ3v) is 3.55. The molecule has 0 N–H and O–H groups in total. The third-order valence-electron chi connectivity index (χ3n) is 2.44. The Morgan fingerprint density at radius 3 is 2.72 bits per heavy atom. The Kier molecular flexibility index (Phi) is 5.17. The van der Waals surface area contributed by atoms with Crippen molar-refractivity contribution in [2.24, 2.45) is 0 Å². The molecule has 0 aliphatic rings. The second kappa shape index (κ2) is 6.41. The van der Waals surface area contributed by atoms with Crippen molar-refractivity contribution in [2.75, 3.05) is 13.1 Å². The number of benzene rings is 1. The molecule has 0 spiro atoms. The van der Waals surface area contributed by atoms with E-state index < -0.39 is 16.7 Å². The van der Waals surface area contributed by atoms with Crippen molar-refractivity contribution in [1.29, 1.82) is 0 Å². The van der Waals surface area contributed by atoms with Gasteiger partial charge in [-0.05, 0) is 30.5 Å². The minimum absolute atomic E-state index is 0.117. The first-order chi connectivity index (χ1) is 8.49. The van der Waals surface area contributed by atoms with E-state index in [2.05, 4.69) is 5.92 Å². The summed E-state index contributed by atoms with van der Waals surface area (Å²) in [5.41, 5.74) is 0.760. The molecule has 0 saturated carbocycles. The van der Waals surface area contributed by atoms with Crippen molar-refractivity contribution in [1.82, 2.24) is 0 Å². The summed E-state index contributed by atoms with van der Waals surface area (Å²) in [4.78, 5) is 0.117. The van der Waals surface area contributed by atoms with Gasteiger partial charge in [0.25, 0.3) is 0 Å². The molecule has 0 aliphatic heterocycles. The van der Waals surface area contributed by atoms with Gasteiger partial charge in [-0.25, -0.2) is 12.8 Å². The van der Waals surface area contributed by atoms with Gasteiger partial charge in [-0.2, -0.15) is 0 Å². The SMILES string of the molecule is C#CCCCc1ccc(S(C)(=O)=O)cc1OCF. The van der Waals surface area contributed by atoms with Gasteiger partial charge in [-0.3, -0.25) is 0 Å². The lowest BCUT2D eigenvalue weighted by molar-refractivity contribution is 0.189. The Bertz CT molecular complexity index is 544. The van der Waals surface area contributed by atoms with Crippen molar-refractivity contribution >= 4 is 9.84 Å².